The van der Waals surface area contributed by atoms with Crippen LogP contribution in [-0.2, 0) is 4.79 Å². The van der Waals surface area contributed by atoms with E-state index in [1.165, 1.54) is 0 Å². The van der Waals surface area contributed by atoms with E-state index in [0.29, 0.717) is 17.9 Å². The summed E-state index contributed by atoms with van der Waals surface area (Å²) in [4.78, 5) is 12.2. The zero-order valence-electron chi connectivity index (χ0n) is 15.1. The van der Waals surface area contributed by atoms with Gasteiger partial charge in [-0.05, 0) is 34.6 Å². The Kier molecular flexibility index (Phi) is 5.37. The number of carbonyl (C=O) groups is 1. The molecule has 1 atom stereocenters. The molecule has 2 nitrogen and oxygen atoms in total. The summed E-state index contributed by atoms with van der Waals surface area (Å²) >= 11 is 0. The second-order valence-corrected chi connectivity index (χ2v) is 6.87. The molecule has 0 spiro atoms. The third kappa shape index (κ3) is 3.39. The molecule has 0 saturated carbocycles. The maximum Gasteiger partial charge on any atom is 0.332 e. The monoisotopic (exact) mass is 334 g/mol. The van der Waals surface area contributed by atoms with Crippen molar-refractivity contribution >= 4 is 11.5 Å². The minimum atomic E-state index is -0.781. The van der Waals surface area contributed by atoms with Crippen LogP contribution in [0.1, 0.15) is 57.1 Å². The van der Waals surface area contributed by atoms with E-state index in [1.54, 1.807) is 0 Å². The van der Waals surface area contributed by atoms with Gasteiger partial charge in [-0.1, -0.05) is 88.1 Å². The van der Waals surface area contributed by atoms with Gasteiger partial charge in [0.25, 0.3) is 0 Å². The average Bonchev–Trinajstić information content (AvgIpc) is 2.96. The van der Waals surface area contributed by atoms with Crippen molar-refractivity contribution in [1.29, 1.82) is 0 Å². The molecule has 25 heavy (non-hydrogen) atoms. The molecule has 1 N–H and O–H groups in total. The van der Waals surface area contributed by atoms with Crippen molar-refractivity contribution in [2.45, 2.75) is 46.0 Å². The average molecular weight is 334 g/mol. The van der Waals surface area contributed by atoms with Crippen molar-refractivity contribution in [2.75, 3.05) is 0 Å². The molecule has 2 aromatic carbocycles. The molecule has 0 radical (unpaired) electrons. The van der Waals surface area contributed by atoms with E-state index in [4.69, 9.17) is 0 Å². The van der Waals surface area contributed by atoms with Gasteiger partial charge in [0, 0.05) is 11.1 Å². The third-order valence-corrected chi connectivity index (χ3v) is 5.28. The largest absolute Gasteiger partial charge is 0.478 e. The first-order valence-electron chi connectivity index (χ1n) is 9.32. The Hall–Kier alpha value is -2.35. The molecule has 1 unspecified atom stereocenters. The van der Waals surface area contributed by atoms with Crippen LogP contribution in [0.15, 0.2) is 54.1 Å². The first-order valence-corrected chi connectivity index (χ1v) is 9.32. The highest BCUT2D eigenvalue weighted by Crippen LogP contribution is 2.46. The van der Waals surface area contributed by atoms with Gasteiger partial charge in [-0.15, -0.1) is 0 Å². The van der Waals surface area contributed by atoms with Gasteiger partial charge in [-0.3, -0.25) is 0 Å². The van der Waals surface area contributed by atoms with Crippen molar-refractivity contribution in [3.05, 3.63) is 65.2 Å². The van der Waals surface area contributed by atoms with Crippen molar-refractivity contribution in [2.24, 2.45) is 5.92 Å². The van der Waals surface area contributed by atoms with Gasteiger partial charge in [0.2, 0.25) is 0 Å². The van der Waals surface area contributed by atoms with Crippen LogP contribution in [0.2, 0.25) is 0 Å². The topological polar surface area (TPSA) is 37.3 Å². The number of benzene rings is 2. The number of fused-ring (bicyclic) bond motifs is 3. The Labute approximate surface area is 150 Å². The van der Waals surface area contributed by atoms with Crippen LogP contribution >= 0.6 is 0 Å². The van der Waals surface area contributed by atoms with Crippen LogP contribution in [-0.4, -0.2) is 11.1 Å². The number of carboxylic acid groups (broad SMARTS) is 1. The fraction of sp³-hybridized carbons (Fsp3) is 0.348. The van der Waals surface area contributed by atoms with Crippen molar-refractivity contribution < 1.29 is 9.90 Å². The summed E-state index contributed by atoms with van der Waals surface area (Å²) < 4.78 is 0. The van der Waals surface area contributed by atoms with E-state index >= 15 is 0 Å². The number of aliphatic carboxylic acids is 1. The lowest BCUT2D eigenvalue weighted by atomic mass is 9.87. The number of hydrogen-bond acceptors (Lipinski definition) is 1. The highest BCUT2D eigenvalue weighted by molar-refractivity contribution is 6.09. The number of unbranched alkanes of at least 4 members (excludes halogenated alkanes) is 1. The molecule has 0 fully saturated rings. The Balaban J connectivity index is 2.12. The van der Waals surface area contributed by atoms with E-state index in [-0.39, 0.29) is 0 Å². The summed E-state index contributed by atoms with van der Waals surface area (Å²) in [7, 11) is 0. The second kappa shape index (κ2) is 7.69. The van der Waals surface area contributed by atoms with Crippen LogP contribution in [0.3, 0.4) is 0 Å². The van der Waals surface area contributed by atoms with E-state index in [9.17, 15) is 9.90 Å². The summed E-state index contributed by atoms with van der Waals surface area (Å²) in [5, 5.41) is 10.00. The molecule has 0 saturated heterocycles. The normalized spacial score (nSPS) is 13.3. The predicted octanol–water partition coefficient (Wildman–Crippen LogP) is 6.16. The van der Waals surface area contributed by atoms with E-state index in [0.717, 1.165) is 53.5 Å². The number of carboxylic acids is 1. The van der Waals surface area contributed by atoms with Gasteiger partial charge in [0.15, 0.2) is 0 Å². The fourth-order valence-electron chi connectivity index (χ4n) is 3.87. The third-order valence-electron chi connectivity index (χ3n) is 5.28. The Bertz CT molecular complexity index is 754. The lowest BCUT2D eigenvalue weighted by molar-refractivity contribution is -0.132. The van der Waals surface area contributed by atoms with Gasteiger partial charge in [-0.25, -0.2) is 4.79 Å². The van der Waals surface area contributed by atoms with Crippen LogP contribution in [0.25, 0.3) is 16.7 Å². The maximum absolute atomic E-state index is 12.2. The van der Waals surface area contributed by atoms with Crippen LogP contribution in [0.5, 0.6) is 0 Å². The first-order chi connectivity index (χ1) is 12.2. The smallest absolute Gasteiger partial charge is 0.332 e. The summed E-state index contributed by atoms with van der Waals surface area (Å²) in [6, 6.07) is 16.3. The quantitative estimate of drug-likeness (QED) is 0.525. The van der Waals surface area contributed by atoms with E-state index in [2.05, 4.69) is 38.1 Å². The number of hydrogen-bond donors (Lipinski definition) is 1. The molecule has 0 aromatic heterocycles. The lowest BCUT2D eigenvalue weighted by Crippen LogP contribution is -2.10. The van der Waals surface area contributed by atoms with Crippen LogP contribution < -0.4 is 0 Å². The molecule has 3 rings (SSSR count). The molecule has 2 heteroatoms. The Morgan fingerprint density at radius 3 is 1.88 bits per heavy atom. The minimum absolute atomic E-state index is 0.429. The molecule has 2 aromatic rings. The van der Waals surface area contributed by atoms with Crippen molar-refractivity contribution in [3.63, 3.8) is 0 Å². The van der Waals surface area contributed by atoms with Gasteiger partial charge >= 0.3 is 5.97 Å². The highest BCUT2D eigenvalue weighted by atomic mass is 16.4. The van der Waals surface area contributed by atoms with Gasteiger partial charge in [0.05, 0.1) is 0 Å². The summed E-state index contributed by atoms with van der Waals surface area (Å²) in [5.74, 6) is -0.352. The molecule has 130 valence electrons. The SMILES string of the molecule is CCCCC(CC)CC(C(=O)O)=C1c2ccccc2-c2ccccc21. The minimum Gasteiger partial charge on any atom is -0.478 e. The molecule has 0 heterocycles. The summed E-state index contributed by atoms with van der Waals surface area (Å²) in [6.45, 7) is 4.35. The standard InChI is InChI=1S/C23H26O2/c1-3-5-10-16(4-2)15-21(23(24)25)22-19-13-8-6-11-17(19)18-12-7-9-14-20(18)22/h6-9,11-14,16H,3-5,10,15H2,1-2H3,(H,24,25). The molecule has 0 bridgehead atoms. The predicted molar refractivity (Wildman–Crippen MR) is 103 cm³/mol. The van der Waals surface area contributed by atoms with Crippen molar-refractivity contribution in [3.8, 4) is 11.1 Å². The molecule has 0 aliphatic heterocycles. The Morgan fingerprint density at radius 1 is 0.920 bits per heavy atom. The lowest BCUT2D eigenvalue weighted by Gasteiger charge is -2.17. The molecule has 0 amide bonds. The van der Waals surface area contributed by atoms with Crippen LogP contribution in [0.4, 0.5) is 0 Å². The molecular weight excluding hydrogens is 308 g/mol. The fourth-order valence-corrected chi connectivity index (χ4v) is 3.87. The zero-order valence-corrected chi connectivity index (χ0v) is 15.1. The maximum atomic E-state index is 12.2. The number of rotatable bonds is 7. The zero-order chi connectivity index (χ0) is 17.8. The Morgan fingerprint density at radius 2 is 1.44 bits per heavy atom. The summed E-state index contributed by atoms with van der Waals surface area (Å²) in [5.41, 5.74) is 5.91. The molecule has 1 aliphatic rings. The summed E-state index contributed by atoms with van der Waals surface area (Å²) in [6.07, 6.45) is 5.08. The first kappa shape index (κ1) is 17.5. The van der Waals surface area contributed by atoms with Gasteiger partial charge in [-0.2, -0.15) is 0 Å². The van der Waals surface area contributed by atoms with E-state index in [1.807, 2.05) is 24.3 Å². The second-order valence-electron chi connectivity index (χ2n) is 6.87. The van der Waals surface area contributed by atoms with Crippen molar-refractivity contribution in [1.82, 2.24) is 0 Å². The van der Waals surface area contributed by atoms with Crippen LogP contribution in [0, 0.1) is 5.92 Å². The van der Waals surface area contributed by atoms with Gasteiger partial charge < -0.3 is 5.11 Å². The molecule has 1 aliphatic carbocycles. The van der Waals surface area contributed by atoms with Gasteiger partial charge in [0.1, 0.15) is 0 Å². The highest BCUT2D eigenvalue weighted by Gasteiger charge is 2.28. The molecular formula is C23H26O2. The van der Waals surface area contributed by atoms with E-state index < -0.39 is 5.97 Å².